The van der Waals surface area contributed by atoms with Crippen LogP contribution in [0.5, 0.6) is 0 Å². The predicted molar refractivity (Wildman–Crippen MR) is 264 cm³/mol. The summed E-state index contributed by atoms with van der Waals surface area (Å²) in [5, 5.41) is 7.42. The first-order chi connectivity index (χ1) is 31.7. The van der Waals surface area contributed by atoms with E-state index in [9.17, 15) is 0 Å². The van der Waals surface area contributed by atoms with Gasteiger partial charge in [-0.1, -0.05) is 115 Å². The smallest absolute Gasteiger partial charge is 0.0730 e. The predicted octanol–water partition coefficient (Wildman–Crippen LogP) is 15.4. The normalized spacial score (nSPS) is 24.9. The van der Waals surface area contributed by atoms with E-state index in [-0.39, 0.29) is 5.41 Å². The number of para-hydroxylation sites is 4. The average Bonchev–Trinajstić information content (AvgIpc) is 4.12. The molecule has 3 heteroatoms. The van der Waals surface area contributed by atoms with Gasteiger partial charge in [-0.05, 0) is 162 Å². The van der Waals surface area contributed by atoms with Crippen LogP contribution in [0, 0.1) is 29.1 Å². The molecule has 4 saturated carbocycles. The number of aromatic nitrogens is 3. The molecule has 5 aliphatic carbocycles. The monoisotopic (exact) mass is 819 g/mol. The first kappa shape index (κ1) is 34.5. The van der Waals surface area contributed by atoms with Crippen molar-refractivity contribution < 1.29 is 0 Å². The summed E-state index contributed by atoms with van der Waals surface area (Å²) in [6, 6.07) is 66.6. The second kappa shape index (κ2) is 12.0. The Morgan fingerprint density at radius 1 is 0.453 bits per heavy atom. The lowest BCUT2D eigenvalue weighted by Crippen LogP contribution is -2.52. The van der Waals surface area contributed by atoms with E-state index in [1.165, 1.54) is 116 Å². The van der Waals surface area contributed by atoms with Gasteiger partial charge in [0.1, 0.15) is 0 Å². The highest BCUT2D eigenvalue weighted by Gasteiger charge is 2.73. The Bertz CT molecular complexity index is 3810. The maximum Gasteiger partial charge on any atom is 0.0730 e. The van der Waals surface area contributed by atoms with Gasteiger partial charge in [-0.15, -0.1) is 0 Å². The van der Waals surface area contributed by atoms with Crippen molar-refractivity contribution >= 4 is 65.4 Å². The lowest BCUT2D eigenvalue weighted by atomic mass is 9.47. The summed E-state index contributed by atoms with van der Waals surface area (Å²) >= 11 is 0. The molecule has 4 fully saturated rings. The second-order valence-corrected chi connectivity index (χ2v) is 20.4. The minimum absolute atomic E-state index is 0.143. The third-order valence-corrected chi connectivity index (χ3v) is 17.9. The van der Waals surface area contributed by atoms with E-state index in [1.807, 2.05) is 0 Å². The van der Waals surface area contributed by atoms with Crippen LogP contribution >= 0.6 is 0 Å². The van der Waals surface area contributed by atoms with Gasteiger partial charge in [-0.25, -0.2) is 4.98 Å². The molecule has 8 aromatic carbocycles. The molecule has 16 rings (SSSR count). The van der Waals surface area contributed by atoms with Crippen molar-refractivity contribution in [3.05, 3.63) is 187 Å². The SMILES string of the molecule is c1ccc2c(c1)-c1ccc(-n3c4ccccc4c4cc(-c5ccc6c(c5)c5ccccc5n6-c5c6ccccc6nc6ccccc56)ccc43)cc1C21C2CC3CCC4(C3)CC1C4C2. The number of hydrogen-bond donors (Lipinski definition) is 0. The molecule has 304 valence electrons. The van der Waals surface area contributed by atoms with Gasteiger partial charge in [-0.2, -0.15) is 0 Å². The standard InChI is InChI=1S/C61H45N3/c1-6-16-49-41(11-1)42-24-23-40(33-50(42)61(49)39-29-36-27-28-60(34-36)35-52(61)51(60)32-39)63-55-19-9-4-12-43(55)47-30-37(21-25-57(47)63)38-22-26-58-48(31-38)44-13-5-10-20-56(44)64(58)59-45-14-2-7-17-53(45)62-54-18-8-3-15-46(54)59/h1-26,30-31,33,36,39,51-52H,27-29,32,34-35H2. The fourth-order valence-corrected chi connectivity index (χ4v) is 15.6. The molecule has 3 nitrogen and oxygen atoms in total. The topological polar surface area (TPSA) is 22.8 Å². The summed E-state index contributed by atoms with van der Waals surface area (Å²) in [6.07, 6.45) is 8.74. The summed E-state index contributed by atoms with van der Waals surface area (Å²) in [5.41, 5.74) is 19.0. The van der Waals surface area contributed by atoms with Crippen molar-refractivity contribution in [2.24, 2.45) is 29.1 Å². The molecule has 0 N–H and O–H groups in total. The van der Waals surface area contributed by atoms with Crippen molar-refractivity contribution in [2.75, 3.05) is 0 Å². The van der Waals surface area contributed by atoms with Crippen molar-refractivity contribution in [3.8, 4) is 33.6 Å². The van der Waals surface area contributed by atoms with E-state index < -0.39 is 0 Å². The van der Waals surface area contributed by atoms with Crippen LogP contribution in [0.25, 0.3) is 99.0 Å². The molecular weight excluding hydrogens is 775 g/mol. The molecule has 0 radical (unpaired) electrons. The molecule has 4 bridgehead atoms. The molecule has 0 saturated heterocycles. The number of nitrogens with zero attached hydrogens (tertiary/aromatic N) is 3. The second-order valence-electron chi connectivity index (χ2n) is 20.4. The number of pyridine rings is 1. The van der Waals surface area contributed by atoms with Crippen LogP contribution in [0.1, 0.15) is 49.7 Å². The van der Waals surface area contributed by atoms with E-state index in [2.05, 4.69) is 185 Å². The Hall–Kier alpha value is -6.97. The highest BCUT2D eigenvalue weighted by Crippen LogP contribution is 2.80. The van der Waals surface area contributed by atoms with E-state index in [0.29, 0.717) is 5.41 Å². The van der Waals surface area contributed by atoms with Crippen LogP contribution in [0.3, 0.4) is 0 Å². The number of fused-ring (bicyclic) bond motifs is 17. The Morgan fingerprint density at radius 2 is 1.05 bits per heavy atom. The molecule has 64 heavy (non-hydrogen) atoms. The number of rotatable bonds is 3. The Kier molecular flexibility index (Phi) is 6.46. The minimum atomic E-state index is 0.143. The molecule has 2 spiro atoms. The fourth-order valence-electron chi connectivity index (χ4n) is 15.6. The summed E-state index contributed by atoms with van der Waals surface area (Å²) in [6.45, 7) is 0. The largest absolute Gasteiger partial charge is 0.309 e. The maximum absolute atomic E-state index is 5.08. The molecule has 0 amide bonds. The Balaban J connectivity index is 0.870. The van der Waals surface area contributed by atoms with Crippen molar-refractivity contribution in [2.45, 2.75) is 43.9 Å². The fraction of sp³-hybridized carbons (Fsp3) is 0.197. The molecule has 3 aromatic heterocycles. The molecule has 5 aliphatic rings. The van der Waals surface area contributed by atoms with Gasteiger partial charge < -0.3 is 9.13 Å². The summed E-state index contributed by atoms with van der Waals surface area (Å²) in [7, 11) is 0. The van der Waals surface area contributed by atoms with Gasteiger partial charge in [0, 0.05) is 43.4 Å². The Labute approximate surface area is 371 Å². The number of benzene rings is 8. The Morgan fingerprint density at radius 3 is 1.78 bits per heavy atom. The first-order valence-electron chi connectivity index (χ1n) is 23.8. The summed E-state index contributed by atoms with van der Waals surface area (Å²) in [5.74, 6) is 3.32. The van der Waals surface area contributed by atoms with Crippen LogP contribution in [0.15, 0.2) is 176 Å². The van der Waals surface area contributed by atoms with Gasteiger partial charge >= 0.3 is 0 Å². The van der Waals surface area contributed by atoms with Crippen LogP contribution < -0.4 is 0 Å². The van der Waals surface area contributed by atoms with Gasteiger partial charge in [-0.3, -0.25) is 0 Å². The third-order valence-electron chi connectivity index (χ3n) is 17.9. The zero-order valence-corrected chi connectivity index (χ0v) is 35.6. The summed E-state index contributed by atoms with van der Waals surface area (Å²) in [4.78, 5) is 5.08. The highest BCUT2D eigenvalue weighted by molar-refractivity contribution is 6.15. The van der Waals surface area contributed by atoms with Gasteiger partial charge in [0.25, 0.3) is 0 Å². The lowest BCUT2D eigenvalue weighted by molar-refractivity contribution is -0.0413. The van der Waals surface area contributed by atoms with Gasteiger partial charge in [0.2, 0.25) is 0 Å². The summed E-state index contributed by atoms with van der Waals surface area (Å²) < 4.78 is 5.05. The first-order valence-corrected chi connectivity index (χ1v) is 23.8. The third kappa shape index (κ3) is 4.14. The van der Waals surface area contributed by atoms with Crippen molar-refractivity contribution in [1.29, 1.82) is 0 Å². The molecule has 6 atom stereocenters. The van der Waals surface area contributed by atoms with Crippen molar-refractivity contribution in [1.82, 2.24) is 14.1 Å². The van der Waals surface area contributed by atoms with Crippen LogP contribution in [0.4, 0.5) is 0 Å². The van der Waals surface area contributed by atoms with E-state index >= 15 is 0 Å². The van der Waals surface area contributed by atoms with E-state index in [4.69, 9.17) is 4.98 Å². The number of hydrogen-bond acceptors (Lipinski definition) is 1. The zero-order chi connectivity index (χ0) is 41.5. The van der Waals surface area contributed by atoms with Gasteiger partial charge in [0.15, 0.2) is 0 Å². The van der Waals surface area contributed by atoms with Crippen LogP contribution in [-0.2, 0) is 5.41 Å². The van der Waals surface area contributed by atoms with Crippen LogP contribution in [-0.4, -0.2) is 14.1 Å². The van der Waals surface area contributed by atoms with E-state index in [0.717, 1.165) is 45.5 Å². The average molecular weight is 820 g/mol. The van der Waals surface area contributed by atoms with Crippen LogP contribution in [0.2, 0.25) is 0 Å². The highest BCUT2D eigenvalue weighted by atomic mass is 15.0. The molecular formula is C61H45N3. The van der Waals surface area contributed by atoms with Gasteiger partial charge in [0.05, 0.1) is 38.8 Å². The zero-order valence-electron chi connectivity index (χ0n) is 35.6. The molecule has 0 aliphatic heterocycles. The van der Waals surface area contributed by atoms with E-state index in [1.54, 1.807) is 11.1 Å². The molecule has 3 heterocycles. The molecule has 6 unspecified atom stereocenters. The quantitative estimate of drug-likeness (QED) is 0.163. The lowest BCUT2D eigenvalue weighted by Gasteiger charge is -2.57. The minimum Gasteiger partial charge on any atom is -0.309 e. The maximum atomic E-state index is 5.08. The molecule has 11 aromatic rings. The van der Waals surface area contributed by atoms with Crippen molar-refractivity contribution in [3.63, 3.8) is 0 Å².